The molecule has 1 aliphatic heterocycles. The van der Waals surface area contributed by atoms with E-state index in [1.54, 1.807) is 20.8 Å². The van der Waals surface area contributed by atoms with Gasteiger partial charge in [-0.1, -0.05) is 0 Å². The average Bonchev–Trinajstić information content (AvgIpc) is 2.36. The molecular weight excluding hydrogens is 264 g/mol. The first-order valence-electron chi connectivity index (χ1n) is 6.30. The molecule has 1 rings (SSSR count). The van der Waals surface area contributed by atoms with Gasteiger partial charge in [-0.25, -0.2) is 9.59 Å². The van der Waals surface area contributed by atoms with Crippen LogP contribution in [0, 0.1) is 11.3 Å². The molecule has 0 aromatic heterocycles. The highest BCUT2D eigenvalue weighted by atomic mass is 16.6. The number of rotatable bonds is 2. The quantitative estimate of drug-likeness (QED) is 0.705. The fourth-order valence-electron chi connectivity index (χ4n) is 1.98. The van der Waals surface area contributed by atoms with E-state index in [2.05, 4.69) is 0 Å². The Bertz CT molecular complexity index is 423. The molecule has 0 aromatic carbocycles. The molecule has 0 saturated carbocycles. The minimum absolute atomic E-state index is 0.0769. The molecule has 0 N–H and O–H groups in total. The number of hydrogen-bond acceptors (Lipinski definition) is 6. The summed E-state index contributed by atoms with van der Waals surface area (Å²) in [6, 6.07) is 1.91. The number of ether oxygens (including phenoxy) is 3. The molecule has 1 aliphatic rings. The molecule has 1 heterocycles. The number of nitrogens with zero attached hydrogens (tertiary/aromatic N) is 2. The third-order valence-electron chi connectivity index (χ3n) is 2.87. The Morgan fingerprint density at radius 3 is 2.60 bits per heavy atom. The van der Waals surface area contributed by atoms with Gasteiger partial charge >= 0.3 is 12.1 Å². The van der Waals surface area contributed by atoms with Crippen LogP contribution >= 0.6 is 0 Å². The van der Waals surface area contributed by atoms with E-state index < -0.39 is 23.2 Å². The van der Waals surface area contributed by atoms with Gasteiger partial charge in [-0.3, -0.25) is 4.90 Å². The monoisotopic (exact) mass is 284 g/mol. The second-order valence-electron chi connectivity index (χ2n) is 5.54. The Morgan fingerprint density at radius 2 is 2.10 bits per heavy atom. The van der Waals surface area contributed by atoms with Crippen molar-refractivity contribution < 1.29 is 23.8 Å². The number of carbonyl (C=O) groups excluding carboxylic acids is 2. The fourth-order valence-corrected chi connectivity index (χ4v) is 1.98. The molecule has 1 fully saturated rings. The summed E-state index contributed by atoms with van der Waals surface area (Å²) < 4.78 is 15.3. The molecule has 112 valence electrons. The van der Waals surface area contributed by atoms with E-state index in [1.165, 1.54) is 12.0 Å². The lowest BCUT2D eigenvalue weighted by Crippen LogP contribution is -2.64. The van der Waals surface area contributed by atoms with E-state index in [1.807, 2.05) is 6.07 Å². The summed E-state index contributed by atoms with van der Waals surface area (Å²) in [4.78, 5) is 25.5. The summed E-state index contributed by atoms with van der Waals surface area (Å²) in [6.45, 7) is 5.57. The van der Waals surface area contributed by atoms with Gasteiger partial charge in [0.25, 0.3) is 0 Å². The molecule has 1 unspecified atom stereocenters. The summed E-state index contributed by atoms with van der Waals surface area (Å²) in [5, 5.41) is 8.97. The summed E-state index contributed by atoms with van der Waals surface area (Å²) in [5.41, 5.74) is -2.13. The van der Waals surface area contributed by atoms with Crippen molar-refractivity contribution in [2.75, 3.05) is 26.9 Å². The van der Waals surface area contributed by atoms with Crippen LogP contribution in [-0.4, -0.2) is 55.0 Å². The van der Waals surface area contributed by atoms with E-state index in [0.717, 1.165) is 0 Å². The molecule has 20 heavy (non-hydrogen) atoms. The number of methoxy groups -OCH3 is 1. The van der Waals surface area contributed by atoms with Gasteiger partial charge in [0.1, 0.15) is 5.60 Å². The van der Waals surface area contributed by atoms with Crippen molar-refractivity contribution in [2.45, 2.75) is 38.3 Å². The van der Waals surface area contributed by atoms with Gasteiger partial charge in [0, 0.05) is 6.54 Å². The van der Waals surface area contributed by atoms with Gasteiger partial charge in [0.2, 0.25) is 0 Å². The molecule has 1 saturated heterocycles. The second kappa shape index (κ2) is 6.09. The molecule has 0 aliphatic carbocycles. The summed E-state index contributed by atoms with van der Waals surface area (Å²) in [6.07, 6.45) is -0.861. The van der Waals surface area contributed by atoms with Crippen LogP contribution in [0.1, 0.15) is 27.2 Å². The third kappa shape index (κ3) is 3.39. The van der Waals surface area contributed by atoms with Crippen molar-refractivity contribution in [3.63, 3.8) is 0 Å². The number of nitriles is 1. The zero-order chi connectivity index (χ0) is 15.4. The summed E-state index contributed by atoms with van der Waals surface area (Å²) in [7, 11) is 1.21. The Balaban J connectivity index is 3.08. The van der Waals surface area contributed by atoms with Crippen molar-refractivity contribution in [1.29, 1.82) is 5.26 Å². The minimum atomic E-state index is -1.44. The van der Waals surface area contributed by atoms with E-state index in [0.29, 0.717) is 0 Å². The molecular formula is C13H20N2O5. The van der Waals surface area contributed by atoms with Gasteiger partial charge in [0.05, 0.1) is 32.8 Å². The number of esters is 1. The lowest BCUT2D eigenvalue weighted by Gasteiger charge is -2.43. The smallest absolute Gasteiger partial charge is 0.411 e. The van der Waals surface area contributed by atoms with Crippen LogP contribution in [0.3, 0.4) is 0 Å². The molecule has 0 aromatic rings. The van der Waals surface area contributed by atoms with E-state index in [9.17, 15) is 9.59 Å². The Morgan fingerprint density at radius 1 is 1.45 bits per heavy atom. The Kier molecular flexibility index (Phi) is 4.95. The minimum Gasteiger partial charge on any atom is -0.467 e. The summed E-state index contributed by atoms with van der Waals surface area (Å²) >= 11 is 0. The predicted molar refractivity (Wildman–Crippen MR) is 68.7 cm³/mol. The van der Waals surface area contributed by atoms with Crippen LogP contribution in [0.15, 0.2) is 0 Å². The lowest BCUT2D eigenvalue weighted by molar-refractivity contribution is -0.165. The summed E-state index contributed by atoms with van der Waals surface area (Å²) in [5.74, 6) is -0.676. The molecule has 0 spiro atoms. The Hall–Kier alpha value is -1.81. The first-order chi connectivity index (χ1) is 9.27. The lowest BCUT2D eigenvalue weighted by atomic mass is 9.93. The number of amides is 1. The van der Waals surface area contributed by atoms with E-state index in [-0.39, 0.29) is 26.2 Å². The first kappa shape index (κ1) is 16.2. The van der Waals surface area contributed by atoms with Crippen LogP contribution < -0.4 is 0 Å². The van der Waals surface area contributed by atoms with Gasteiger partial charge in [-0.15, -0.1) is 0 Å². The molecule has 0 bridgehead atoms. The maximum absolute atomic E-state index is 12.3. The number of morpholine rings is 1. The van der Waals surface area contributed by atoms with Crippen molar-refractivity contribution in [3.05, 3.63) is 0 Å². The van der Waals surface area contributed by atoms with E-state index >= 15 is 0 Å². The highest BCUT2D eigenvalue weighted by Gasteiger charge is 2.51. The normalized spacial score (nSPS) is 22.9. The topological polar surface area (TPSA) is 88.9 Å². The molecule has 1 amide bonds. The standard InChI is InChI=1S/C13H20N2O5/c1-12(2,3)20-11(17)15-7-8-19-9-13(15,5-6-14)10(16)18-4/h5,7-9H2,1-4H3. The first-order valence-corrected chi connectivity index (χ1v) is 6.30. The molecule has 7 heteroatoms. The molecule has 1 atom stereocenters. The highest BCUT2D eigenvalue weighted by molar-refractivity contribution is 5.86. The molecule has 7 nitrogen and oxygen atoms in total. The van der Waals surface area contributed by atoms with Crippen molar-refractivity contribution in [2.24, 2.45) is 0 Å². The second-order valence-corrected chi connectivity index (χ2v) is 5.54. The van der Waals surface area contributed by atoms with Crippen LogP contribution in [0.2, 0.25) is 0 Å². The van der Waals surface area contributed by atoms with Crippen LogP contribution in [0.5, 0.6) is 0 Å². The zero-order valence-corrected chi connectivity index (χ0v) is 12.3. The maximum Gasteiger partial charge on any atom is 0.411 e. The number of hydrogen-bond donors (Lipinski definition) is 0. The fraction of sp³-hybridized carbons (Fsp3) is 0.769. The van der Waals surface area contributed by atoms with Gasteiger partial charge in [0.15, 0.2) is 5.54 Å². The highest BCUT2D eigenvalue weighted by Crippen LogP contribution is 2.27. The Labute approximate surface area is 118 Å². The SMILES string of the molecule is COC(=O)C1(CC#N)COCCN1C(=O)OC(C)(C)C. The maximum atomic E-state index is 12.3. The largest absolute Gasteiger partial charge is 0.467 e. The third-order valence-corrected chi connectivity index (χ3v) is 2.87. The van der Waals surface area contributed by atoms with Crippen LogP contribution in [0.4, 0.5) is 4.79 Å². The van der Waals surface area contributed by atoms with Crippen molar-refractivity contribution in [3.8, 4) is 6.07 Å². The predicted octanol–water partition coefficient (Wildman–Crippen LogP) is 1.08. The van der Waals surface area contributed by atoms with Crippen LogP contribution in [0.25, 0.3) is 0 Å². The number of carbonyl (C=O) groups is 2. The van der Waals surface area contributed by atoms with E-state index in [4.69, 9.17) is 19.5 Å². The molecule has 0 radical (unpaired) electrons. The van der Waals surface area contributed by atoms with Gasteiger partial charge < -0.3 is 14.2 Å². The zero-order valence-electron chi connectivity index (χ0n) is 12.3. The average molecular weight is 284 g/mol. The van der Waals surface area contributed by atoms with Crippen LogP contribution in [-0.2, 0) is 19.0 Å². The van der Waals surface area contributed by atoms with Crippen molar-refractivity contribution >= 4 is 12.1 Å². The van der Waals surface area contributed by atoms with Gasteiger partial charge in [-0.05, 0) is 20.8 Å². The van der Waals surface area contributed by atoms with Gasteiger partial charge in [-0.2, -0.15) is 5.26 Å². The van der Waals surface area contributed by atoms with Crippen molar-refractivity contribution in [1.82, 2.24) is 4.90 Å².